The molecule has 18 heavy (non-hydrogen) atoms. The van der Waals surface area contributed by atoms with E-state index in [9.17, 15) is 4.79 Å². The van der Waals surface area contributed by atoms with E-state index in [1.54, 1.807) is 0 Å². The van der Waals surface area contributed by atoms with E-state index >= 15 is 0 Å². The molecule has 104 valence electrons. The zero-order chi connectivity index (χ0) is 13.1. The fraction of sp³-hybridized carbons (Fsp3) is 0.929. The second kappa shape index (κ2) is 6.02. The average Bonchev–Trinajstić information content (AvgIpc) is 2.64. The minimum absolute atomic E-state index is 0.0660. The summed E-state index contributed by atoms with van der Waals surface area (Å²) in [5.41, 5.74) is 0. The molecule has 0 aromatic carbocycles. The van der Waals surface area contributed by atoms with Crippen LogP contribution in [0, 0.1) is 5.92 Å². The first-order valence-corrected chi connectivity index (χ1v) is 7.29. The van der Waals surface area contributed by atoms with Gasteiger partial charge in [0.2, 0.25) is 5.91 Å². The van der Waals surface area contributed by atoms with Crippen LogP contribution in [0.1, 0.15) is 33.1 Å². The molecule has 1 amide bonds. The van der Waals surface area contributed by atoms with Crippen molar-refractivity contribution in [1.82, 2.24) is 15.1 Å². The molecule has 1 atom stereocenters. The average molecular weight is 253 g/mol. The topological polar surface area (TPSA) is 35.6 Å². The van der Waals surface area contributed by atoms with Gasteiger partial charge in [-0.05, 0) is 45.3 Å². The lowest BCUT2D eigenvalue weighted by atomic mass is 9.97. The zero-order valence-corrected chi connectivity index (χ0v) is 12.0. The van der Waals surface area contributed by atoms with Crippen LogP contribution in [0.15, 0.2) is 0 Å². The van der Waals surface area contributed by atoms with Gasteiger partial charge in [0.25, 0.3) is 0 Å². The summed E-state index contributed by atoms with van der Waals surface area (Å²) in [4.78, 5) is 16.7. The molecule has 2 heterocycles. The van der Waals surface area contributed by atoms with Crippen molar-refractivity contribution < 1.29 is 4.79 Å². The van der Waals surface area contributed by atoms with E-state index in [-0.39, 0.29) is 6.04 Å². The molecule has 0 spiro atoms. The number of nitrogens with zero attached hydrogens (tertiary/aromatic N) is 2. The van der Waals surface area contributed by atoms with Gasteiger partial charge in [0.15, 0.2) is 0 Å². The van der Waals surface area contributed by atoms with E-state index in [1.165, 1.54) is 25.9 Å². The van der Waals surface area contributed by atoms with Gasteiger partial charge in [-0.3, -0.25) is 4.79 Å². The van der Waals surface area contributed by atoms with Gasteiger partial charge in [0.05, 0.1) is 6.04 Å². The lowest BCUT2D eigenvalue weighted by molar-refractivity contribution is -0.130. The van der Waals surface area contributed by atoms with E-state index in [4.69, 9.17) is 0 Å². The van der Waals surface area contributed by atoms with Crippen LogP contribution in [-0.4, -0.2) is 61.0 Å². The fourth-order valence-corrected chi connectivity index (χ4v) is 3.03. The molecule has 1 N–H and O–H groups in total. The monoisotopic (exact) mass is 253 g/mol. The molecule has 2 rings (SSSR count). The Balaban J connectivity index is 1.79. The molecule has 4 nitrogen and oxygen atoms in total. The Labute approximate surface area is 111 Å². The van der Waals surface area contributed by atoms with Crippen LogP contribution < -0.4 is 5.32 Å². The van der Waals surface area contributed by atoms with Gasteiger partial charge >= 0.3 is 0 Å². The summed E-state index contributed by atoms with van der Waals surface area (Å²) in [7, 11) is 2.18. The van der Waals surface area contributed by atoms with Gasteiger partial charge in [-0.2, -0.15) is 0 Å². The molecule has 0 aliphatic carbocycles. The molecular formula is C14H27N3O. The second-order valence-electron chi connectivity index (χ2n) is 6.19. The minimum atomic E-state index is 0.0660. The smallest absolute Gasteiger partial charge is 0.239 e. The first-order chi connectivity index (χ1) is 8.56. The van der Waals surface area contributed by atoms with Crippen molar-refractivity contribution in [3.05, 3.63) is 0 Å². The van der Waals surface area contributed by atoms with Gasteiger partial charge in [-0.1, -0.05) is 13.8 Å². The van der Waals surface area contributed by atoms with Crippen molar-refractivity contribution in [3.8, 4) is 0 Å². The molecule has 0 aromatic heterocycles. The second-order valence-corrected chi connectivity index (χ2v) is 6.19. The molecule has 4 heteroatoms. The third-order valence-electron chi connectivity index (χ3n) is 4.15. The zero-order valence-electron chi connectivity index (χ0n) is 12.0. The fourth-order valence-electron chi connectivity index (χ4n) is 3.03. The van der Waals surface area contributed by atoms with Crippen LogP contribution in [0.25, 0.3) is 0 Å². The van der Waals surface area contributed by atoms with Gasteiger partial charge < -0.3 is 15.1 Å². The summed E-state index contributed by atoms with van der Waals surface area (Å²) in [6.45, 7) is 8.49. The van der Waals surface area contributed by atoms with Crippen LogP contribution >= 0.6 is 0 Å². The highest BCUT2D eigenvalue weighted by Gasteiger charge is 2.33. The molecule has 2 fully saturated rings. The molecular weight excluding hydrogens is 226 g/mol. The highest BCUT2D eigenvalue weighted by molar-refractivity contribution is 5.84. The van der Waals surface area contributed by atoms with Crippen molar-refractivity contribution in [1.29, 1.82) is 0 Å². The number of hydrogen-bond acceptors (Lipinski definition) is 3. The Hall–Kier alpha value is -0.610. The predicted molar refractivity (Wildman–Crippen MR) is 73.5 cm³/mol. The number of carbonyl (C=O) groups is 1. The van der Waals surface area contributed by atoms with Crippen molar-refractivity contribution in [2.24, 2.45) is 5.92 Å². The number of piperidine rings is 1. The number of nitrogens with one attached hydrogen (secondary N) is 1. The van der Waals surface area contributed by atoms with Crippen LogP contribution in [0.4, 0.5) is 0 Å². The molecule has 2 saturated heterocycles. The van der Waals surface area contributed by atoms with E-state index in [2.05, 4.69) is 36.0 Å². The van der Waals surface area contributed by atoms with E-state index in [1.807, 2.05) is 0 Å². The maximum Gasteiger partial charge on any atom is 0.239 e. The summed E-state index contributed by atoms with van der Waals surface area (Å²) in [5, 5.41) is 3.37. The lowest BCUT2D eigenvalue weighted by Gasteiger charge is -2.31. The molecule has 2 aliphatic heterocycles. The summed E-state index contributed by atoms with van der Waals surface area (Å²) >= 11 is 0. The standard InChI is InChI=1S/C14H27N3O/c1-11(2)15-13-6-9-17(14(13)18)10-12-4-7-16(3)8-5-12/h11-13,15H,4-10H2,1-3H3. The van der Waals surface area contributed by atoms with Gasteiger partial charge in [-0.25, -0.2) is 0 Å². The van der Waals surface area contributed by atoms with Crippen molar-refractivity contribution in [3.63, 3.8) is 0 Å². The molecule has 0 saturated carbocycles. The largest absolute Gasteiger partial charge is 0.341 e. The highest BCUT2D eigenvalue weighted by atomic mass is 16.2. The van der Waals surface area contributed by atoms with Crippen LogP contribution in [0.3, 0.4) is 0 Å². The quantitative estimate of drug-likeness (QED) is 0.809. The number of amides is 1. The summed E-state index contributed by atoms with van der Waals surface area (Å²) < 4.78 is 0. The Kier molecular flexibility index (Phi) is 4.62. The molecule has 0 bridgehead atoms. The van der Waals surface area contributed by atoms with Gasteiger partial charge in [-0.15, -0.1) is 0 Å². The first kappa shape index (κ1) is 13.8. The van der Waals surface area contributed by atoms with E-state index in [0.717, 1.165) is 19.5 Å². The SMILES string of the molecule is CC(C)NC1CCN(CC2CCN(C)CC2)C1=O. The number of carbonyl (C=O) groups excluding carboxylic acids is 1. The number of likely N-dealkylation sites (tertiary alicyclic amines) is 2. The molecule has 1 unspecified atom stereocenters. The van der Waals surface area contributed by atoms with E-state index in [0.29, 0.717) is 17.9 Å². The van der Waals surface area contributed by atoms with Crippen LogP contribution in [0.2, 0.25) is 0 Å². The van der Waals surface area contributed by atoms with Crippen molar-refractivity contribution in [2.75, 3.05) is 33.2 Å². The van der Waals surface area contributed by atoms with Crippen molar-refractivity contribution >= 4 is 5.91 Å². The normalized spacial score (nSPS) is 27.4. The van der Waals surface area contributed by atoms with Gasteiger partial charge in [0, 0.05) is 19.1 Å². The summed E-state index contributed by atoms with van der Waals surface area (Å²) in [6, 6.07) is 0.457. The third kappa shape index (κ3) is 3.45. The molecule has 0 radical (unpaired) electrons. The Morgan fingerprint density at radius 2 is 1.89 bits per heavy atom. The van der Waals surface area contributed by atoms with Crippen LogP contribution in [0.5, 0.6) is 0 Å². The maximum atomic E-state index is 12.2. The Morgan fingerprint density at radius 1 is 1.22 bits per heavy atom. The van der Waals surface area contributed by atoms with Crippen molar-refractivity contribution in [2.45, 2.75) is 45.2 Å². The molecule has 2 aliphatic rings. The maximum absolute atomic E-state index is 12.2. The summed E-state index contributed by atoms with van der Waals surface area (Å²) in [6.07, 6.45) is 3.45. The Morgan fingerprint density at radius 3 is 2.50 bits per heavy atom. The van der Waals surface area contributed by atoms with E-state index < -0.39 is 0 Å². The predicted octanol–water partition coefficient (Wildman–Crippen LogP) is 0.927. The third-order valence-corrected chi connectivity index (χ3v) is 4.15. The Bertz CT molecular complexity index is 285. The summed E-state index contributed by atoms with van der Waals surface area (Å²) in [5.74, 6) is 1.03. The lowest BCUT2D eigenvalue weighted by Crippen LogP contribution is -2.43. The highest BCUT2D eigenvalue weighted by Crippen LogP contribution is 2.20. The number of hydrogen-bond donors (Lipinski definition) is 1. The number of rotatable bonds is 4. The first-order valence-electron chi connectivity index (χ1n) is 7.29. The van der Waals surface area contributed by atoms with Crippen LogP contribution in [-0.2, 0) is 4.79 Å². The van der Waals surface area contributed by atoms with Gasteiger partial charge in [0.1, 0.15) is 0 Å². The molecule has 0 aromatic rings. The minimum Gasteiger partial charge on any atom is -0.341 e.